The lowest BCUT2D eigenvalue weighted by Crippen LogP contribution is -2.29. The van der Waals surface area contributed by atoms with Crippen molar-refractivity contribution in [2.75, 3.05) is 13.7 Å². The van der Waals surface area contributed by atoms with Gasteiger partial charge in [-0.2, -0.15) is 0 Å². The zero-order chi connectivity index (χ0) is 14.9. The Bertz CT molecular complexity index is 552. The van der Waals surface area contributed by atoms with E-state index in [2.05, 4.69) is 5.32 Å². The van der Waals surface area contributed by atoms with Crippen LogP contribution < -0.4 is 5.32 Å². The van der Waals surface area contributed by atoms with Crippen LogP contribution in [0.2, 0.25) is 0 Å². The van der Waals surface area contributed by atoms with Gasteiger partial charge in [0.1, 0.15) is 23.5 Å². The van der Waals surface area contributed by atoms with E-state index in [9.17, 15) is 13.6 Å². The number of nitrogens with zero attached hydrogens (tertiary/aromatic N) is 1. The Balaban J connectivity index is 2.33. The zero-order valence-electron chi connectivity index (χ0n) is 11.5. The second kappa shape index (κ2) is 5.48. The van der Waals surface area contributed by atoms with Crippen molar-refractivity contribution in [3.63, 3.8) is 0 Å². The molecule has 1 aromatic carbocycles. The number of hydrogen-bond donors (Lipinski definition) is 1. The Morgan fingerprint density at radius 1 is 1.40 bits per heavy atom. The van der Waals surface area contributed by atoms with Crippen molar-refractivity contribution in [2.24, 2.45) is 0 Å². The average Bonchev–Trinajstić information content (AvgIpc) is 2.68. The Morgan fingerprint density at radius 2 is 2.00 bits per heavy atom. The molecule has 0 radical (unpaired) electrons. The molecule has 1 N–H and O–H groups in total. The monoisotopic (exact) mass is 282 g/mol. The highest BCUT2D eigenvalue weighted by Gasteiger charge is 2.34. The summed E-state index contributed by atoms with van der Waals surface area (Å²) in [4.78, 5) is 13.4. The topological polar surface area (TPSA) is 41.6 Å². The number of hydrogen-bond acceptors (Lipinski definition) is 4. The summed E-state index contributed by atoms with van der Waals surface area (Å²) in [5.74, 6) is -1.85. The predicted octanol–water partition coefficient (Wildman–Crippen LogP) is 2.29. The summed E-state index contributed by atoms with van der Waals surface area (Å²) >= 11 is 0. The molecule has 4 nitrogen and oxygen atoms in total. The number of carbonyl (C=O) groups is 1. The van der Waals surface area contributed by atoms with E-state index in [1.807, 2.05) is 0 Å². The smallest absolute Gasteiger partial charge is 0.356 e. The summed E-state index contributed by atoms with van der Waals surface area (Å²) in [6.45, 7) is 3.62. The molecule has 6 heteroatoms. The van der Waals surface area contributed by atoms with Crippen LogP contribution in [0.25, 0.3) is 0 Å². The fourth-order valence-electron chi connectivity index (χ4n) is 2.16. The van der Waals surface area contributed by atoms with Crippen molar-refractivity contribution in [1.82, 2.24) is 10.2 Å². The molecule has 20 heavy (non-hydrogen) atoms. The molecule has 0 fully saturated rings. The van der Waals surface area contributed by atoms with Gasteiger partial charge in [0.25, 0.3) is 0 Å². The van der Waals surface area contributed by atoms with Crippen LogP contribution in [0, 0.1) is 11.6 Å². The van der Waals surface area contributed by atoms with Crippen LogP contribution in [0.1, 0.15) is 25.6 Å². The summed E-state index contributed by atoms with van der Waals surface area (Å²) in [6.07, 6.45) is -0.768. The molecule has 0 aromatic heterocycles. The summed E-state index contributed by atoms with van der Waals surface area (Å²) in [6, 6.07) is 3.67. The minimum atomic E-state index is -0.768. The van der Waals surface area contributed by atoms with E-state index in [1.54, 1.807) is 25.8 Å². The molecular weight excluding hydrogens is 266 g/mol. The summed E-state index contributed by atoms with van der Waals surface area (Å²) in [5.41, 5.74) is 0.687. The van der Waals surface area contributed by atoms with Crippen molar-refractivity contribution >= 4 is 5.97 Å². The maximum Gasteiger partial charge on any atom is 0.356 e. The molecule has 0 saturated heterocycles. The van der Waals surface area contributed by atoms with Gasteiger partial charge >= 0.3 is 5.97 Å². The van der Waals surface area contributed by atoms with E-state index < -0.39 is 23.8 Å². The predicted molar refractivity (Wildman–Crippen MR) is 69.3 cm³/mol. The molecule has 0 bridgehead atoms. The molecular formula is C14H16F2N2O2. The number of allylic oxidation sites excluding steroid dienone is 1. The van der Waals surface area contributed by atoms with Gasteiger partial charge in [-0.05, 0) is 26.0 Å². The Hall–Kier alpha value is -2.11. The number of benzene rings is 1. The normalized spacial score (nSPS) is 18.2. The highest BCUT2D eigenvalue weighted by molar-refractivity contribution is 5.89. The van der Waals surface area contributed by atoms with Gasteiger partial charge in [0.15, 0.2) is 0 Å². The molecule has 1 aromatic rings. The van der Waals surface area contributed by atoms with Gasteiger partial charge in [0, 0.05) is 12.7 Å². The van der Waals surface area contributed by atoms with Crippen LogP contribution in [0.5, 0.6) is 0 Å². The van der Waals surface area contributed by atoms with Crippen LogP contribution in [0.3, 0.4) is 0 Å². The molecule has 1 aliphatic heterocycles. The lowest BCUT2D eigenvalue weighted by atomic mass is 10.1. The molecule has 0 amide bonds. The number of rotatable bonds is 3. The lowest BCUT2D eigenvalue weighted by Gasteiger charge is -2.24. The zero-order valence-corrected chi connectivity index (χ0v) is 11.5. The molecule has 0 aliphatic carbocycles. The van der Waals surface area contributed by atoms with Gasteiger partial charge < -0.3 is 15.0 Å². The molecule has 2 rings (SSSR count). The summed E-state index contributed by atoms with van der Waals surface area (Å²) < 4.78 is 32.6. The maximum atomic E-state index is 13.8. The fraction of sp³-hybridized carbons (Fsp3) is 0.357. The number of halogens is 2. The summed E-state index contributed by atoms with van der Waals surface area (Å²) in [7, 11) is 1.66. The molecule has 1 unspecified atom stereocenters. The highest BCUT2D eigenvalue weighted by atomic mass is 19.1. The van der Waals surface area contributed by atoms with E-state index in [4.69, 9.17) is 4.74 Å². The number of nitrogens with one attached hydrogen (secondary N) is 1. The molecule has 0 saturated carbocycles. The number of carbonyl (C=O) groups excluding carboxylic acids is 1. The Morgan fingerprint density at radius 3 is 2.55 bits per heavy atom. The van der Waals surface area contributed by atoms with Gasteiger partial charge in [-0.15, -0.1) is 0 Å². The number of ether oxygens (including phenoxy) is 1. The third-order valence-corrected chi connectivity index (χ3v) is 3.31. The van der Waals surface area contributed by atoms with Crippen molar-refractivity contribution < 1.29 is 18.3 Å². The molecule has 0 spiro atoms. The van der Waals surface area contributed by atoms with Crippen LogP contribution in [-0.4, -0.2) is 24.5 Å². The molecule has 1 atom stereocenters. The van der Waals surface area contributed by atoms with E-state index in [0.717, 1.165) is 0 Å². The summed E-state index contributed by atoms with van der Waals surface area (Å²) in [5, 5.41) is 2.82. The minimum Gasteiger partial charge on any atom is -0.461 e. The molecule has 1 aliphatic rings. The third kappa shape index (κ3) is 2.33. The van der Waals surface area contributed by atoms with Gasteiger partial charge in [-0.25, -0.2) is 13.6 Å². The van der Waals surface area contributed by atoms with Crippen molar-refractivity contribution in [2.45, 2.75) is 20.0 Å². The largest absolute Gasteiger partial charge is 0.461 e. The first kappa shape index (κ1) is 14.3. The van der Waals surface area contributed by atoms with E-state index in [1.165, 1.54) is 18.2 Å². The van der Waals surface area contributed by atoms with Crippen molar-refractivity contribution in [3.8, 4) is 0 Å². The van der Waals surface area contributed by atoms with Crippen molar-refractivity contribution in [1.29, 1.82) is 0 Å². The lowest BCUT2D eigenvalue weighted by molar-refractivity contribution is -0.138. The quantitative estimate of drug-likeness (QED) is 0.864. The maximum absolute atomic E-state index is 13.8. The van der Waals surface area contributed by atoms with Crippen molar-refractivity contribution in [3.05, 3.63) is 46.8 Å². The van der Waals surface area contributed by atoms with Crippen LogP contribution in [-0.2, 0) is 9.53 Å². The number of esters is 1. The van der Waals surface area contributed by atoms with Gasteiger partial charge in [-0.1, -0.05) is 6.07 Å². The molecule has 1 heterocycles. The van der Waals surface area contributed by atoms with Crippen LogP contribution in [0.15, 0.2) is 29.6 Å². The first-order valence-electron chi connectivity index (χ1n) is 6.28. The Labute approximate surface area is 116 Å². The van der Waals surface area contributed by atoms with E-state index >= 15 is 0 Å². The van der Waals surface area contributed by atoms with Crippen LogP contribution in [0.4, 0.5) is 8.78 Å². The minimum absolute atomic E-state index is 0.117. The molecule has 108 valence electrons. The standard InChI is InChI=1S/C14H16F2N2O2/c1-4-20-14(19)12-8(2)18(3)13(17-12)11-9(15)6-5-7-10(11)16/h5-7,13,17H,4H2,1-3H3. The van der Waals surface area contributed by atoms with Crippen LogP contribution >= 0.6 is 0 Å². The highest BCUT2D eigenvalue weighted by Crippen LogP contribution is 2.32. The van der Waals surface area contributed by atoms with Gasteiger partial charge in [0.05, 0.1) is 12.2 Å². The van der Waals surface area contributed by atoms with E-state index in [0.29, 0.717) is 5.70 Å². The van der Waals surface area contributed by atoms with E-state index in [-0.39, 0.29) is 17.9 Å². The van der Waals surface area contributed by atoms with Gasteiger partial charge in [0.2, 0.25) is 0 Å². The first-order chi connectivity index (χ1) is 9.47. The SMILES string of the molecule is CCOC(=O)C1=C(C)N(C)C(c2c(F)cccc2F)N1. The second-order valence-electron chi connectivity index (χ2n) is 4.47. The first-order valence-corrected chi connectivity index (χ1v) is 6.28. The third-order valence-electron chi connectivity index (χ3n) is 3.31. The van der Waals surface area contributed by atoms with Gasteiger partial charge in [-0.3, -0.25) is 0 Å². The fourth-order valence-corrected chi connectivity index (χ4v) is 2.16. The Kier molecular flexibility index (Phi) is 3.92. The second-order valence-corrected chi connectivity index (χ2v) is 4.47. The average molecular weight is 282 g/mol.